The van der Waals surface area contributed by atoms with Gasteiger partial charge < -0.3 is 24.8 Å². The van der Waals surface area contributed by atoms with Crippen molar-refractivity contribution in [2.24, 2.45) is 0 Å². The second-order valence-corrected chi connectivity index (χ2v) is 8.47. The molecule has 4 heteroatoms. The molecule has 2 aromatic heterocycles. The van der Waals surface area contributed by atoms with Crippen molar-refractivity contribution in [3.8, 4) is 11.4 Å². The van der Waals surface area contributed by atoms with E-state index in [-0.39, 0.29) is 24.8 Å². The molecule has 0 N–H and O–H groups in total. The van der Waals surface area contributed by atoms with Crippen molar-refractivity contribution < 1.29 is 33.9 Å². The largest absolute Gasteiger partial charge is 1.00 e. The predicted molar refractivity (Wildman–Crippen MR) is 140 cm³/mol. The molecule has 180 valence electrons. The third kappa shape index (κ3) is 5.57. The summed E-state index contributed by atoms with van der Waals surface area (Å²) in [7, 11) is 0. The highest BCUT2D eigenvalue weighted by atomic mass is 35.5. The first kappa shape index (κ1) is 26.9. The lowest BCUT2D eigenvalue weighted by molar-refractivity contribution is -0.594. The zero-order chi connectivity index (χ0) is 23.3. The standard InChI is InChI=1S/2C16H14N.2ClH/c2*1-13-7-5-8-14-9-6-10-15(16(13)14)17-11-3-2-4-12-17;;/h2*2-12H,1H3;2*1H/q2*+1;;/p-2. The molecule has 0 saturated carbocycles. The number of hydrogen-bond donors (Lipinski definition) is 0. The minimum atomic E-state index is 0. The van der Waals surface area contributed by atoms with Gasteiger partial charge in [-0.05, 0) is 35.7 Å². The lowest BCUT2D eigenvalue weighted by Crippen LogP contribution is -3.00. The van der Waals surface area contributed by atoms with Gasteiger partial charge in [0.25, 0.3) is 0 Å². The maximum Gasteiger partial charge on any atom is 0.218 e. The lowest BCUT2D eigenvalue weighted by atomic mass is 10.0. The van der Waals surface area contributed by atoms with E-state index in [9.17, 15) is 0 Å². The smallest absolute Gasteiger partial charge is 0.218 e. The highest BCUT2D eigenvalue weighted by molar-refractivity contribution is 5.92. The quantitative estimate of drug-likeness (QED) is 0.305. The molecule has 0 atom stereocenters. The van der Waals surface area contributed by atoms with Gasteiger partial charge >= 0.3 is 0 Å². The number of aryl methyl sites for hydroxylation is 2. The van der Waals surface area contributed by atoms with Gasteiger partial charge in [-0.15, -0.1) is 0 Å². The van der Waals surface area contributed by atoms with Crippen LogP contribution in [0.2, 0.25) is 0 Å². The number of hydrogen-bond acceptors (Lipinski definition) is 0. The van der Waals surface area contributed by atoms with Crippen LogP contribution < -0.4 is 33.9 Å². The van der Waals surface area contributed by atoms with Crippen LogP contribution in [-0.4, -0.2) is 0 Å². The molecule has 36 heavy (non-hydrogen) atoms. The normalized spacial score (nSPS) is 10.1. The van der Waals surface area contributed by atoms with Crippen LogP contribution in [0.3, 0.4) is 0 Å². The van der Waals surface area contributed by atoms with Gasteiger partial charge in [-0.25, -0.2) is 0 Å². The van der Waals surface area contributed by atoms with Crippen LogP contribution in [0, 0.1) is 13.8 Å². The number of halogens is 2. The van der Waals surface area contributed by atoms with Crippen molar-refractivity contribution in [2.45, 2.75) is 13.8 Å². The van der Waals surface area contributed by atoms with Gasteiger partial charge in [0, 0.05) is 36.4 Å². The SMILES string of the molecule is Cc1cccc2cccc(-[n+]3ccccc3)c12.Cc1cccc2cccc(-[n+]3ccccc3)c12.[Cl-].[Cl-]. The molecule has 6 aromatic rings. The van der Waals surface area contributed by atoms with Crippen LogP contribution in [0.25, 0.3) is 32.9 Å². The Hall–Kier alpha value is -3.72. The predicted octanol–water partition coefficient (Wildman–Crippen LogP) is 0.858. The molecule has 2 heterocycles. The van der Waals surface area contributed by atoms with E-state index < -0.39 is 0 Å². The number of benzene rings is 4. The Balaban J connectivity index is 0.000000190. The van der Waals surface area contributed by atoms with Crippen LogP contribution in [0.1, 0.15) is 11.1 Å². The molecule has 0 fully saturated rings. The van der Waals surface area contributed by atoms with E-state index in [4.69, 9.17) is 0 Å². The summed E-state index contributed by atoms with van der Waals surface area (Å²) >= 11 is 0. The first-order valence-electron chi connectivity index (χ1n) is 11.6. The van der Waals surface area contributed by atoms with Crippen molar-refractivity contribution in [1.82, 2.24) is 0 Å². The first-order valence-corrected chi connectivity index (χ1v) is 11.6. The highest BCUT2D eigenvalue weighted by Crippen LogP contribution is 2.23. The van der Waals surface area contributed by atoms with Crippen molar-refractivity contribution in [3.05, 3.63) is 145 Å². The van der Waals surface area contributed by atoms with Crippen molar-refractivity contribution in [1.29, 1.82) is 0 Å². The van der Waals surface area contributed by atoms with Gasteiger partial charge in [0.05, 0.1) is 10.8 Å². The van der Waals surface area contributed by atoms with E-state index in [0.717, 1.165) is 0 Å². The molecule has 6 rings (SSSR count). The Kier molecular flexibility index (Phi) is 9.19. The first-order chi connectivity index (χ1) is 16.7. The molecule has 0 radical (unpaired) electrons. The zero-order valence-corrected chi connectivity index (χ0v) is 21.9. The van der Waals surface area contributed by atoms with E-state index in [1.807, 2.05) is 12.1 Å². The van der Waals surface area contributed by atoms with E-state index in [1.54, 1.807) is 0 Å². The molecular weight excluding hydrogens is 483 g/mol. The monoisotopic (exact) mass is 510 g/mol. The van der Waals surface area contributed by atoms with Crippen molar-refractivity contribution >= 4 is 21.5 Å². The highest BCUT2D eigenvalue weighted by Gasteiger charge is 2.12. The summed E-state index contributed by atoms with van der Waals surface area (Å²) < 4.78 is 4.32. The minimum absolute atomic E-state index is 0. The van der Waals surface area contributed by atoms with Crippen LogP contribution in [0.4, 0.5) is 0 Å². The average Bonchev–Trinajstić information content (AvgIpc) is 2.90. The summed E-state index contributed by atoms with van der Waals surface area (Å²) in [6, 6.07) is 38.0. The fraction of sp³-hybridized carbons (Fsp3) is 0.0625. The van der Waals surface area contributed by atoms with E-state index in [0.29, 0.717) is 0 Å². The maximum absolute atomic E-state index is 2.16. The zero-order valence-electron chi connectivity index (χ0n) is 20.4. The molecule has 0 aliphatic heterocycles. The van der Waals surface area contributed by atoms with Crippen LogP contribution >= 0.6 is 0 Å². The Labute approximate surface area is 225 Å². The van der Waals surface area contributed by atoms with Crippen molar-refractivity contribution in [2.75, 3.05) is 0 Å². The molecule has 0 saturated heterocycles. The molecule has 4 aromatic carbocycles. The van der Waals surface area contributed by atoms with E-state index in [1.165, 1.54) is 44.0 Å². The Morgan fingerprint density at radius 2 is 0.722 bits per heavy atom. The number of fused-ring (bicyclic) bond motifs is 2. The van der Waals surface area contributed by atoms with Crippen molar-refractivity contribution in [3.63, 3.8) is 0 Å². The summed E-state index contributed by atoms with van der Waals surface area (Å²) in [5.74, 6) is 0. The number of pyridine rings is 2. The van der Waals surface area contributed by atoms with Crippen LogP contribution in [-0.2, 0) is 0 Å². The fourth-order valence-electron chi connectivity index (χ4n) is 4.56. The molecule has 0 bridgehead atoms. The third-order valence-corrected chi connectivity index (χ3v) is 6.17. The molecular formula is C32H28Cl2N2. The number of rotatable bonds is 2. The molecule has 0 aliphatic rings. The number of nitrogens with zero attached hydrogens (tertiary/aromatic N) is 2. The summed E-state index contributed by atoms with van der Waals surface area (Å²) in [5, 5.41) is 5.23. The Morgan fingerprint density at radius 3 is 1.08 bits per heavy atom. The van der Waals surface area contributed by atoms with Gasteiger partial charge in [0.15, 0.2) is 24.8 Å². The number of aromatic nitrogens is 2. The molecule has 0 unspecified atom stereocenters. The Morgan fingerprint density at radius 1 is 0.389 bits per heavy atom. The van der Waals surface area contributed by atoms with Crippen LogP contribution in [0.15, 0.2) is 134 Å². The van der Waals surface area contributed by atoms with Gasteiger partial charge in [-0.2, -0.15) is 9.13 Å². The molecule has 0 aliphatic carbocycles. The second-order valence-electron chi connectivity index (χ2n) is 8.47. The van der Waals surface area contributed by atoms with Gasteiger partial charge in [-0.3, -0.25) is 0 Å². The summed E-state index contributed by atoms with van der Waals surface area (Å²) in [5.41, 5.74) is 5.10. The second kappa shape index (κ2) is 12.3. The van der Waals surface area contributed by atoms with Gasteiger partial charge in [0.1, 0.15) is 0 Å². The molecule has 0 spiro atoms. The summed E-state index contributed by atoms with van der Waals surface area (Å²) in [4.78, 5) is 0. The van der Waals surface area contributed by atoms with E-state index >= 15 is 0 Å². The maximum atomic E-state index is 2.16. The lowest BCUT2D eigenvalue weighted by Gasteiger charge is -2.04. The van der Waals surface area contributed by atoms with Gasteiger partial charge in [-0.1, -0.05) is 72.8 Å². The van der Waals surface area contributed by atoms with Crippen LogP contribution in [0.5, 0.6) is 0 Å². The topological polar surface area (TPSA) is 7.76 Å². The summed E-state index contributed by atoms with van der Waals surface area (Å²) in [6.45, 7) is 4.32. The Bertz CT molecular complexity index is 1430. The van der Waals surface area contributed by atoms with Gasteiger partial charge in [0.2, 0.25) is 11.4 Å². The molecule has 0 amide bonds. The minimum Gasteiger partial charge on any atom is -1.00 e. The molecule has 2 nitrogen and oxygen atoms in total. The fourth-order valence-corrected chi connectivity index (χ4v) is 4.56. The summed E-state index contributed by atoms with van der Waals surface area (Å²) in [6.07, 6.45) is 8.34. The van der Waals surface area contributed by atoms with E-state index in [2.05, 4.69) is 145 Å². The third-order valence-electron chi connectivity index (χ3n) is 6.17. The average molecular weight is 511 g/mol.